The van der Waals surface area contributed by atoms with E-state index >= 15 is 0 Å². The third-order valence-electron chi connectivity index (χ3n) is 2.86. The van der Waals surface area contributed by atoms with Gasteiger partial charge in [-0.2, -0.15) is 42.1 Å². The number of hydrogen-bond donors (Lipinski definition) is 0. The molecule has 22 heavy (non-hydrogen) atoms. The monoisotopic (exact) mass is 330 g/mol. The molecule has 0 saturated carbocycles. The molecule has 0 spiro atoms. The van der Waals surface area contributed by atoms with Crippen LogP contribution in [0.4, 0.5) is 0 Å². The van der Waals surface area contributed by atoms with Gasteiger partial charge in [0.25, 0.3) is 0 Å². The van der Waals surface area contributed by atoms with Crippen LogP contribution < -0.4 is 4.74 Å². The zero-order valence-electron chi connectivity index (χ0n) is 12.4. The zero-order valence-corrected chi connectivity index (χ0v) is 13.5. The van der Waals surface area contributed by atoms with Crippen molar-refractivity contribution in [3.05, 3.63) is 95.7 Å². The van der Waals surface area contributed by atoms with Gasteiger partial charge in [-0.3, -0.25) is 0 Å². The van der Waals surface area contributed by atoms with Gasteiger partial charge >= 0.3 is 17.1 Å². The van der Waals surface area contributed by atoms with Gasteiger partial charge in [0, 0.05) is 0 Å². The van der Waals surface area contributed by atoms with Crippen LogP contribution in [0.3, 0.4) is 0 Å². The summed E-state index contributed by atoms with van der Waals surface area (Å²) in [6.45, 7) is 0. The van der Waals surface area contributed by atoms with E-state index in [1.54, 1.807) is 7.11 Å². The van der Waals surface area contributed by atoms with E-state index < -0.39 is 0 Å². The van der Waals surface area contributed by atoms with Gasteiger partial charge in [0.2, 0.25) is 0 Å². The Bertz CT molecular complexity index is 638. The SMILES string of the molecule is COc1ccc(C=C=Cc2ccc[cH-]2)cc1.[Fe+2].c1cc[cH-]c1. The summed E-state index contributed by atoms with van der Waals surface area (Å²) in [6, 6.07) is 26.0. The third kappa shape index (κ3) is 6.47. The number of ether oxygens (including phenoxy) is 1. The standard InChI is InChI=1S/C15H13O.C5H5.Fe/c1-16-15-11-9-14(10-12-15)8-4-7-13-5-2-3-6-13;1-2-4-5-3-1;/h2-3,5-12H,1H3;1-5H;/q2*-1;+2. The fourth-order valence-electron chi connectivity index (χ4n) is 1.74. The molecule has 3 aromatic carbocycles. The van der Waals surface area contributed by atoms with Crippen LogP contribution >= 0.6 is 0 Å². The minimum atomic E-state index is 0. The number of hydrogen-bond acceptors (Lipinski definition) is 1. The molecule has 0 bridgehead atoms. The third-order valence-corrected chi connectivity index (χ3v) is 2.86. The van der Waals surface area contributed by atoms with Crippen molar-refractivity contribution in [3.63, 3.8) is 0 Å². The molecule has 0 heterocycles. The fourth-order valence-corrected chi connectivity index (χ4v) is 1.74. The molecular formula is C20H18FeO. The largest absolute Gasteiger partial charge is 2.00 e. The van der Waals surface area contributed by atoms with E-state index in [1.165, 1.54) is 5.56 Å². The quantitative estimate of drug-likeness (QED) is 0.367. The Labute approximate surface area is 142 Å². The predicted octanol–water partition coefficient (Wildman–Crippen LogP) is 5.14. The first-order valence-corrected chi connectivity index (χ1v) is 6.83. The maximum Gasteiger partial charge on any atom is 2.00 e. The van der Waals surface area contributed by atoms with E-state index in [2.05, 4.69) is 17.9 Å². The van der Waals surface area contributed by atoms with Crippen molar-refractivity contribution in [3.8, 4) is 5.75 Å². The number of rotatable bonds is 3. The minimum absolute atomic E-state index is 0. The first-order chi connectivity index (χ1) is 10.4. The Balaban J connectivity index is 0.000000344. The van der Waals surface area contributed by atoms with Crippen LogP contribution in [0.25, 0.3) is 12.2 Å². The van der Waals surface area contributed by atoms with Crippen molar-refractivity contribution in [2.75, 3.05) is 7.11 Å². The van der Waals surface area contributed by atoms with Gasteiger partial charge in [0.1, 0.15) is 5.75 Å². The summed E-state index contributed by atoms with van der Waals surface area (Å²) in [5.41, 5.74) is 5.44. The Morgan fingerprint density at radius 1 is 0.909 bits per heavy atom. The normalized spacial score (nSPS) is 8.59. The van der Waals surface area contributed by atoms with Crippen LogP contribution in [0.1, 0.15) is 11.1 Å². The van der Waals surface area contributed by atoms with Crippen molar-refractivity contribution >= 4 is 12.2 Å². The fraction of sp³-hybridized carbons (Fsp3) is 0.0500. The Morgan fingerprint density at radius 2 is 1.64 bits per heavy atom. The summed E-state index contributed by atoms with van der Waals surface area (Å²) in [4.78, 5) is 0. The van der Waals surface area contributed by atoms with Gasteiger partial charge in [0.15, 0.2) is 0 Å². The van der Waals surface area contributed by atoms with Crippen LogP contribution in [0.2, 0.25) is 0 Å². The summed E-state index contributed by atoms with van der Waals surface area (Å²) in [5, 5.41) is 0. The maximum absolute atomic E-state index is 5.09. The van der Waals surface area contributed by atoms with Crippen molar-refractivity contribution in [1.29, 1.82) is 0 Å². The average molecular weight is 330 g/mol. The van der Waals surface area contributed by atoms with E-state index in [0.29, 0.717) is 0 Å². The van der Waals surface area contributed by atoms with E-state index in [-0.39, 0.29) is 17.1 Å². The van der Waals surface area contributed by atoms with Gasteiger partial charge in [-0.15, -0.1) is 11.6 Å². The maximum atomic E-state index is 5.09. The summed E-state index contributed by atoms with van der Waals surface area (Å²) < 4.78 is 5.09. The van der Waals surface area contributed by atoms with Crippen LogP contribution in [0.15, 0.2) is 84.6 Å². The number of methoxy groups -OCH3 is 1. The molecule has 0 saturated heterocycles. The molecule has 112 valence electrons. The summed E-state index contributed by atoms with van der Waals surface area (Å²) in [5.74, 6) is 0.872. The Hall–Kier alpha value is -2.24. The summed E-state index contributed by atoms with van der Waals surface area (Å²) in [6.07, 6.45) is 3.91. The van der Waals surface area contributed by atoms with Crippen molar-refractivity contribution < 1.29 is 21.8 Å². The van der Waals surface area contributed by atoms with Gasteiger partial charge in [-0.25, -0.2) is 12.1 Å². The molecule has 0 aliphatic heterocycles. The second-order valence-electron chi connectivity index (χ2n) is 4.41. The van der Waals surface area contributed by atoms with E-state index in [1.807, 2.05) is 78.9 Å². The van der Waals surface area contributed by atoms with Gasteiger partial charge in [-0.05, 0) is 23.8 Å². The minimum Gasteiger partial charge on any atom is -0.497 e. The predicted molar refractivity (Wildman–Crippen MR) is 89.5 cm³/mol. The first kappa shape index (κ1) is 17.8. The second-order valence-corrected chi connectivity index (χ2v) is 4.41. The zero-order chi connectivity index (χ0) is 14.8. The van der Waals surface area contributed by atoms with E-state index in [9.17, 15) is 0 Å². The van der Waals surface area contributed by atoms with Crippen LogP contribution in [0, 0.1) is 0 Å². The van der Waals surface area contributed by atoms with Crippen molar-refractivity contribution in [2.45, 2.75) is 0 Å². The molecule has 0 aliphatic carbocycles. The molecule has 0 unspecified atom stereocenters. The van der Waals surface area contributed by atoms with Gasteiger partial charge in [-0.1, -0.05) is 18.2 Å². The topological polar surface area (TPSA) is 9.23 Å². The van der Waals surface area contributed by atoms with Gasteiger partial charge in [0.05, 0.1) is 7.11 Å². The van der Waals surface area contributed by atoms with Crippen LogP contribution in [-0.2, 0) is 17.1 Å². The molecule has 0 aliphatic rings. The molecule has 1 nitrogen and oxygen atoms in total. The molecule has 3 aromatic rings. The Kier molecular flexibility index (Phi) is 8.48. The first-order valence-electron chi connectivity index (χ1n) is 6.83. The summed E-state index contributed by atoms with van der Waals surface area (Å²) >= 11 is 0. The van der Waals surface area contributed by atoms with E-state index in [4.69, 9.17) is 4.74 Å². The average Bonchev–Trinajstić information content (AvgIpc) is 3.24. The van der Waals surface area contributed by atoms with Gasteiger partial charge < -0.3 is 4.74 Å². The second kappa shape index (κ2) is 10.5. The molecule has 2 heteroatoms. The molecule has 0 amide bonds. The molecule has 3 rings (SSSR count). The molecule has 0 aromatic heterocycles. The van der Waals surface area contributed by atoms with E-state index in [0.717, 1.165) is 11.3 Å². The molecular weight excluding hydrogens is 312 g/mol. The molecule has 0 N–H and O–H groups in total. The summed E-state index contributed by atoms with van der Waals surface area (Å²) in [7, 11) is 1.67. The number of benzene rings is 1. The van der Waals surface area contributed by atoms with Crippen molar-refractivity contribution in [2.24, 2.45) is 0 Å². The molecule has 0 radical (unpaired) electrons. The van der Waals surface area contributed by atoms with Crippen LogP contribution in [-0.4, -0.2) is 7.11 Å². The molecule has 0 fully saturated rings. The Morgan fingerprint density at radius 3 is 2.14 bits per heavy atom. The smallest absolute Gasteiger partial charge is 0.497 e. The van der Waals surface area contributed by atoms with Crippen LogP contribution in [0.5, 0.6) is 5.75 Å². The molecule has 0 atom stereocenters. The van der Waals surface area contributed by atoms with Crippen molar-refractivity contribution in [1.82, 2.24) is 0 Å².